The summed E-state index contributed by atoms with van der Waals surface area (Å²) in [7, 11) is 0. The maximum absolute atomic E-state index is 6.76. The lowest BCUT2D eigenvalue weighted by atomic mass is 10.0. The molecule has 0 fully saturated rings. The molecule has 0 N–H and O–H groups in total. The van der Waals surface area contributed by atoms with Gasteiger partial charge in [-0.3, -0.25) is 0 Å². The number of aromatic nitrogens is 1. The predicted octanol–water partition coefficient (Wildman–Crippen LogP) is 13.0. The van der Waals surface area contributed by atoms with Gasteiger partial charge in [-0.1, -0.05) is 115 Å². The number of furan rings is 1. The van der Waals surface area contributed by atoms with E-state index in [1.807, 2.05) is 0 Å². The third kappa shape index (κ3) is 4.44. The van der Waals surface area contributed by atoms with Crippen LogP contribution < -0.4 is 4.90 Å². The highest BCUT2D eigenvalue weighted by Crippen LogP contribution is 2.42. The highest BCUT2D eigenvalue weighted by Gasteiger charge is 2.20. The highest BCUT2D eigenvalue weighted by atomic mass is 16.3. The van der Waals surface area contributed by atoms with Crippen molar-refractivity contribution in [2.45, 2.75) is 0 Å². The van der Waals surface area contributed by atoms with Gasteiger partial charge >= 0.3 is 0 Å². The quantitative estimate of drug-likeness (QED) is 0.190. The normalized spacial score (nSPS) is 11.7. The third-order valence-electron chi connectivity index (χ3n) is 9.75. The summed E-state index contributed by atoms with van der Waals surface area (Å²) >= 11 is 0. The Morgan fingerprint density at radius 3 is 1.84 bits per heavy atom. The maximum atomic E-state index is 6.76. The number of hydrogen-bond donors (Lipinski definition) is 0. The van der Waals surface area contributed by atoms with E-state index in [4.69, 9.17) is 4.42 Å². The van der Waals surface area contributed by atoms with Crippen molar-refractivity contribution in [3.63, 3.8) is 0 Å². The molecule has 2 heterocycles. The standard InChI is InChI=1S/C46H30N2O/c1-3-12-31(13-4-1)32-22-24-36(25-23-32)47(35-16-5-2-6-17-35)37-26-27-45-41(30-37)39-19-11-21-43(46(39)49-45)48-42-20-10-9-18-38(42)40-28-33-14-7-8-15-34(33)29-44(40)48/h1-30H. The smallest absolute Gasteiger partial charge is 0.159 e. The van der Waals surface area contributed by atoms with Crippen LogP contribution in [0.4, 0.5) is 17.1 Å². The molecular formula is C46H30N2O. The minimum absolute atomic E-state index is 0.866. The van der Waals surface area contributed by atoms with Crippen LogP contribution in [0.1, 0.15) is 0 Å². The van der Waals surface area contributed by atoms with Crippen molar-refractivity contribution in [3.8, 4) is 16.8 Å². The maximum Gasteiger partial charge on any atom is 0.159 e. The number of hydrogen-bond acceptors (Lipinski definition) is 2. The van der Waals surface area contributed by atoms with Gasteiger partial charge in [0.05, 0.1) is 16.7 Å². The molecule has 10 aromatic rings. The summed E-state index contributed by atoms with van der Waals surface area (Å²) in [5.74, 6) is 0. The van der Waals surface area contributed by atoms with Crippen molar-refractivity contribution in [1.29, 1.82) is 0 Å². The molecule has 0 amide bonds. The van der Waals surface area contributed by atoms with E-state index in [0.717, 1.165) is 50.2 Å². The van der Waals surface area contributed by atoms with Crippen molar-refractivity contribution in [2.24, 2.45) is 0 Å². The fourth-order valence-electron chi connectivity index (χ4n) is 7.46. The molecule has 0 unspecified atom stereocenters. The van der Waals surface area contributed by atoms with Gasteiger partial charge in [0, 0.05) is 38.6 Å². The number of anilines is 3. The van der Waals surface area contributed by atoms with Gasteiger partial charge in [-0.25, -0.2) is 0 Å². The molecule has 0 aliphatic heterocycles. The molecule has 0 aliphatic carbocycles. The van der Waals surface area contributed by atoms with Crippen LogP contribution in [0.15, 0.2) is 186 Å². The van der Waals surface area contributed by atoms with Crippen molar-refractivity contribution in [3.05, 3.63) is 182 Å². The summed E-state index contributed by atoms with van der Waals surface area (Å²) in [5.41, 5.74) is 10.8. The lowest BCUT2D eigenvalue weighted by Crippen LogP contribution is -2.09. The first-order valence-electron chi connectivity index (χ1n) is 16.7. The number of benzene rings is 8. The molecule has 0 saturated heterocycles. The molecule has 49 heavy (non-hydrogen) atoms. The van der Waals surface area contributed by atoms with E-state index in [9.17, 15) is 0 Å². The van der Waals surface area contributed by atoms with Gasteiger partial charge in [0.15, 0.2) is 5.58 Å². The topological polar surface area (TPSA) is 21.3 Å². The van der Waals surface area contributed by atoms with Crippen LogP contribution in [0, 0.1) is 0 Å². The Bertz CT molecular complexity index is 2810. The number of nitrogens with zero attached hydrogens (tertiary/aromatic N) is 2. The third-order valence-corrected chi connectivity index (χ3v) is 9.75. The second-order valence-electron chi connectivity index (χ2n) is 12.6. The average molecular weight is 627 g/mol. The molecule has 10 rings (SSSR count). The van der Waals surface area contributed by atoms with Crippen LogP contribution in [-0.4, -0.2) is 4.57 Å². The van der Waals surface area contributed by atoms with Gasteiger partial charge in [0.1, 0.15) is 5.58 Å². The van der Waals surface area contributed by atoms with Crippen molar-refractivity contribution in [1.82, 2.24) is 4.57 Å². The van der Waals surface area contributed by atoms with Crippen LogP contribution in [0.2, 0.25) is 0 Å². The number of fused-ring (bicyclic) bond motifs is 7. The van der Waals surface area contributed by atoms with E-state index in [-0.39, 0.29) is 0 Å². The Labute approximate surface area is 283 Å². The predicted molar refractivity (Wildman–Crippen MR) is 206 cm³/mol. The second kappa shape index (κ2) is 11.0. The first-order valence-corrected chi connectivity index (χ1v) is 16.7. The SMILES string of the molecule is c1ccc(-c2ccc(N(c3ccccc3)c3ccc4oc5c(-n6c7ccccc7c7cc8ccccc8cc76)cccc5c4c3)cc2)cc1. The van der Waals surface area contributed by atoms with E-state index < -0.39 is 0 Å². The van der Waals surface area contributed by atoms with Gasteiger partial charge in [-0.05, 0) is 88.6 Å². The zero-order valence-electron chi connectivity index (χ0n) is 26.6. The molecule has 0 aliphatic rings. The summed E-state index contributed by atoms with van der Waals surface area (Å²) in [6.45, 7) is 0. The van der Waals surface area contributed by atoms with Gasteiger partial charge in [0.25, 0.3) is 0 Å². The van der Waals surface area contributed by atoms with Gasteiger partial charge in [-0.15, -0.1) is 0 Å². The Balaban J connectivity index is 1.16. The molecule has 0 radical (unpaired) electrons. The summed E-state index contributed by atoms with van der Waals surface area (Å²) in [5, 5.41) is 7.11. The van der Waals surface area contributed by atoms with Crippen LogP contribution >= 0.6 is 0 Å². The Kier molecular flexibility index (Phi) is 6.18. The summed E-state index contributed by atoms with van der Waals surface area (Å²) in [4.78, 5) is 2.31. The second-order valence-corrected chi connectivity index (χ2v) is 12.6. The Morgan fingerprint density at radius 2 is 1.02 bits per heavy atom. The summed E-state index contributed by atoms with van der Waals surface area (Å²) in [6.07, 6.45) is 0. The lowest BCUT2D eigenvalue weighted by Gasteiger charge is -2.25. The van der Waals surface area contributed by atoms with Crippen molar-refractivity contribution >= 4 is 71.6 Å². The largest absolute Gasteiger partial charge is 0.454 e. The van der Waals surface area contributed by atoms with Gasteiger partial charge < -0.3 is 13.9 Å². The van der Waals surface area contributed by atoms with Crippen molar-refractivity contribution < 1.29 is 4.42 Å². The molecular weight excluding hydrogens is 597 g/mol. The highest BCUT2D eigenvalue weighted by molar-refractivity contribution is 6.15. The minimum atomic E-state index is 0.866. The van der Waals surface area contributed by atoms with Crippen LogP contribution in [0.25, 0.3) is 71.3 Å². The zero-order chi connectivity index (χ0) is 32.3. The first kappa shape index (κ1) is 27.5. The molecule has 3 nitrogen and oxygen atoms in total. The van der Waals surface area contributed by atoms with Gasteiger partial charge in [0.2, 0.25) is 0 Å². The minimum Gasteiger partial charge on any atom is -0.454 e. The average Bonchev–Trinajstić information content (AvgIpc) is 3.70. The fourth-order valence-corrected chi connectivity index (χ4v) is 7.46. The van der Waals surface area contributed by atoms with Crippen LogP contribution in [-0.2, 0) is 0 Å². The number of para-hydroxylation sites is 3. The fraction of sp³-hybridized carbons (Fsp3) is 0. The summed E-state index contributed by atoms with van der Waals surface area (Å²) < 4.78 is 9.13. The molecule has 0 atom stereocenters. The molecule has 0 spiro atoms. The first-order chi connectivity index (χ1) is 24.3. The Morgan fingerprint density at radius 1 is 0.388 bits per heavy atom. The zero-order valence-corrected chi connectivity index (χ0v) is 26.6. The van der Waals surface area contributed by atoms with Crippen LogP contribution in [0.5, 0.6) is 0 Å². The van der Waals surface area contributed by atoms with Gasteiger partial charge in [-0.2, -0.15) is 0 Å². The van der Waals surface area contributed by atoms with E-state index in [1.165, 1.54) is 38.2 Å². The molecule has 8 aromatic carbocycles. The molecule has 0 saturated carbocycles. The van der Waals surface area contributed by atoms with E-state index >= 15 is 0 Å². The molecule has 2 aromatic heterocycles. The van der Waals surface area contributed by atoms with E-state index in [2.05, 4.69) is 191 Å². The summed E-state index contributed by atoms with van der Waals surface area (Å²) in [6, 6.07) is 64.8. The molecule has 0 bridgehead atoms. The van der Waals surface area contributed by atoms with Crippen LogP contribution in [0.3, 0.4) is 0 Å². The lowest BCUT2D eigenvalue weighted by molar-refractivity contribution is 0.666. The molecule has 230 valence electrons. The number of rotatable bonds is 5. The Hall–Kier alpha value is -6.58. The van der Waals surface area contributed by atoms with E-state index in [1.54, 1.807) is 0 Å². The van der Waals surface area contributed by atoms with E-state index in [0.29, 0.717) is 0 Å². The molecule has 3 heteroatoms. The van der Waals surface area contributed by atoms with Crippen molar-refractivity contribution in [2.75, 3.05) is 4.90 Å². The monoisotopic (exact) mass is 626 g/mol.